The van der Waals surface area contributed by atoms with Gasteiger partial charge in [0.05, 0.1) is 18.1 Å². The van der Waals surface area contributed by atoms with Crippen LogP contribution in [0.25, 0.3) is 11.3 Å². The van der Waals surface area contributed by atoms with Gasteiger partial charge in [0.15, 0.2) is 11.5 Å². The fourth-order valence-electron chi connectivity index (χ4n) is 3.60. The van der Waals surface area contributed by atoms with Crippen molar-refractivity contribution in [1.82, 2.24) is 9.97 Å². The zero-order valence-electron chi connectivity index (χ0n) is 19.5. The van der Waals surface area contributed by atoms with E-state index < -0.39 is 0 Å². The first-order valence-corrected chi connectivity index (χ1v) is 10.5. The number of hydrogen-bond acceptors (Lipinski definition) is 7. The maximum absolute atomic E-state index is 11.3. The first-order chi connectivity index (χ1) is 15.2. The molecule has 7 heteroatoms. The largest absolute Gasteiger partial charge is 0.498 e. The first kappa shape index (κ1) is 24.6. The van der Waals surface area contributed by atoms with Gasteiger partial charge in [0.1, 0.15) is 17.8 Å². The van der Waals surface area contributed by atoms with Gasteiger partial charge in [0.25, 0.3) is 0 Å². The van der Waals surface area contributed by atoms with Gasteiger partial charge in [-0.05, 0) is 55.9 Å². The van der Waals surface area contributed by atoms with E-state index in [2.05, 4.69) is 36.0 Å². The maximum atomic E-state index is 11.3. The molecule has 0 aliphatic carbocycles. The minimum atomic E-state index is -0.0656. The van der Waals surface area contributed by atoms with Crippen molar-refractivity contribution in [2.75, 3.05) is 25.6 Å². The van der Waals surface area contributed by atoms with Crippen LogP contribution in [-0.4, -0.2) is 36.5 Å². The van der Waals surface area contributed by atoms with Crippen LogP contribution in [-0.2, 0) is 9.53 Å². The molecule has 0 aliphatic heterocycles. The van der Waals surface area contributed by atoms with E-state index in [1.807, 2.05) is 31.1 Å². The number of hydrogen-bond donors (Lipinski definition) is 0. The van der Waals surface area contributed by atoms with Crippen molar-refractivity contribution in [3.63, 3.8) is 0 Å². The third-order valence-corrected chi connectivity index (χ3v) is 5.44. The van der Waals surface area contributed by atoms with Crippen LogP contribution in [0.4, 0.5) is 5.69 Å². The smallest absolute Gasteiger partial charge is 0.155 e. The number of nitriles is 2. The van der Waals surface area contributed by atoms with E-state index in [0.717, 1.165) is 17.7 Å². The molecule has 0 saturated carbocycles. The molecule has 166 valence electrons. The molecule has 2 heterocycles. The molecular formula is C25H29N5O2. The van der Waals surface area contributed by atoms with E-state index in [1.54, 1.807) is 19.2 Å². The van der Waals surface area contributed by atoms with Crippen LogP contribution in [0, 0.1) is 28.6 Å². The van der Waals surface area contributed by atoms with Crippen molar-refractivity contribution in [2.45, 2.75) is 40.0 Å². The molecule has 7 nitrogen and oxygen atoms in total. The lowest BCUT2D eigenvalue weighted by Gasteiger charge is -2.26. The van der Waals surface area contributed by atoms with E-state index in [0.29, 0.717) is 23.6 Å². The average molecular weight is 432 g/mol. The predicted molar refractivity (Wildman–Crippen MR) is 124 cm³/mol. The third-order valence-electron chi connectivity index (χ3n) is 5.44. The number of nitrogens with zero attached hydrogens (tertiary/aromatic N) is 5. The van der Waals surface area contributed by atoms with Crippen LogP contribution in [0.5, 0.6) is 0 Å². The Morgan fingerprint density at radius 1 is 1.25 bits per heavy atom. The molecule has 2 atom stereocenters. The summed E-state index contributed by atoms with van der Waals surface area (Å²) in [5.41, 5.74) is 3.42. The number of carbonyl (C=O) groups excluding carboxylic acids is 1. The molecule has 0 N–H and O–H groups in total. The van der Waals surface area contributed by atoms with E-state index in [1.165, 1.54) is 13.0 Å². The molecule has 0 aromatic carbocycles. The van der Waals surface area contributed by atoms with E-state index >= 15 is 0 Å². The van der Waals surface area contributed by atoms with Gasteiger partial charge in [-0.3, -0.25) is 9.78 Å². The van der Waals surface area contributed by atoms with Crippen molar-refractivity contribution >= 4 is 11.5 Å². The molecule has 0 radical (unpaired) electrons. The fraction of sp³-hybridized carbons (Fsp3) is 0.400. The molecule has 1 unspecified atom stereocenters. The van der Waals surface area contributed by atoms with Gasteiger partial charge in [-0.25, -0.2) is 4.98 Å². The van der Waals surface area contributed by atoms with Crippen LogP contribution in [0.3, 0.4) is 0 Å². The Balaban J connectivity index is 2.58. The molecule has 32 heavy (non-hydrogen) atoms. The van der Waals surface area contributed by atoms with Gasteiger partial charge in [0, 0.05) is 37.6 Å². The highest BCUT2D eigenvalue weighted by molar-refractivity contribution is 5.87. The predicted octanol–water partition coefficient (Wildman–Crippen LogP) is 4.59. The Hall–Kier alpha value is -3.71. The molecule has 0 fully saturated rings. The van der Waals surface area contributed by atoms with Gasteiger partial charge < -0.3 is 9.64 Å². The highest BCUT2D eigenvalue weighted by atomic mass is 16.5. The second-order valence-electron chi connectivity index (χ2n) is 7.97. The van der Waals surface area contributed by atoms with Crippen molar-refractivity contribution in [3.05, 3.63) is 53.2 Å². The van der Waals surface area contributed by atoms with E-state index in [-0.39, 0.29) is 29.0 Å². The molecule has 2 aromatic heterocycles. The summed E-state index contributed by atoms with van der Waals surface area (Å²) in [4.78, 5) is 22.0. The van der Waals surface area contributed by atoms with Gasteiger partial charge >= 0.3 is 0 Å². The summed E-state index contributed by atoms with van der Waals surface area (Å²) in [6.45, 7) is 7.77. The van der Waals surface area contributed by atoms with Crippen LogP contribution in [0.15, 0.2) is 36.2 Å². The Kier molecular flexibility index (Phi) is 8.49. The average Bonchev–Trinajstić information content (AvgIpc) is 2.77. The second kappa shape index (κ2) is 11.1. The molecule has 2 aromatic rings. The zero-order valence-corrected chi connectivity index (χ0v) is 19.5. The van der Waals surface area contributed by atoms with Crippen molar-refractivity contribution < 1.29 is 9.53 Å². The molecule has 2 rings (SSSR count). The minimum Gasteiger partial charge on any atom is -0.498 e. The number of aromatic nitrogens is 2. The van der Waals surface area contributed by atoms with E-state index in [9.17, 15) is 15.3 Å². The fourth-order valence-corrected chi connectivity index (χ4v) is 3.60. The SMILES string of the molecule is CC[C@H](CO/C(C)=C\C(C)=O)C(C)c1cc(C#N)nc(C#N)c1-c1cc(N(C)C)ccn1. The highest BCUT2D eigenvalue weighted by Gasteiger charge is 2.25. The van der Waals surface area contributed by atoms with Gasteiger partial charge in [-0.2, -0.15) is 10.5 Å². The summed E-state index contributed by atoms with van der Waals surface area (Å²) in [7, 11) is 3.87. The number of allylic oxidation sites excluding steroid dienone is 2. The minimum absolute atomic E-state index is 0.0489. The summed E-state index contributed by atoms with van der Waals surface area (Å²) in [6, 6.07) is 9.76. The molecule has 0 spiro atoms. The number of pyridine rings is 2. The Bertz CT molecular complexity index is 1090. The monoisotopic (exact) mass is 431 g/mol. The van der Waals surface area contributed by atoms with Crippen LogP contribution >= 0.6 is 0 Å². The first-order valence-electron chi connectivity index (χ1n) is 10.5. The molecule has 0 amide bonds. The van der Waals surface area contributed by atoms with Crippen LogP contribution < -0.4 is 4.90 Å². The summed E-state index contributed by atoms with van der Waals surface area (Å²) in [6.07, 6.45) is 3.98. The number of ether oxygens (including phenoxy) is 1. The summed E-state index contributed by atoms with van der Waals surface area (Å²) in [5.74, 6) is 0.534. The highest BCUT2D eigenvalue weighted by Crippen LogP contribution is 2.37. The van der Waals surface area contributed by atoms with E-state index in [4.69, 9.17) is 4.74 Å². The van der Waals surface area contributed by atoms with Crippen molar-refractivity contribution in [1.29, 1.82) is 10.5 Å². The van der Waals surface area contributed by atoms with Crippen molar-refractivity contribution in [2.24, 2.45) is 5.92 Å². The summed E-state index contributed by atoms with van der Waals surface area (Å²) in [5, 5.41) is 19.3. The molecule has 0 bridgehead atoms. The third kappa shape index (κ3) is 5.92. The number of rotatable bonds is 9. The Labute approximate surface area is 190 Å². The lowest BCUT2D eigenvalue weighted by molar-refractivity contribution is -0.112. The standard InChI is InChI=1S/C25H29N5O2/c1-7-19(15-32-17(3)10-16(2)31)18(4)22-11-20(13-26)29-24(14-27)25(22)23-12-21(30(5)6)8-9-28-23/h8-12,18-19H,7,15H2,1-6H3/b17-10-/t18?,19-/m1/s1. The normalized spacial score (nSPS) is 12.9. The molecular weight excluding hydrogens is 402 g/mol. The molecule has 0 saturated heterocycles. The Morgan fingerprint density at radius 2 is 1.97 bits per heavy atom. The number of ketones is 1. The topological polar surface area (TPSA) is 103 Å². The second-order valence-corrected chi connectivity index (χ2v) is 7.97. The lowest BCUT2D eigenvalue weighted by atomic mass is 9.82. The van der Waals surface area contributed by atoms with Gasteiger partial charge in [-0.1, -0.05) is 13.8 Å². The Morgan fingerprint density at radius 3 is 2.53 bits per heavy atom. The quantitative estimate of drug-likeness (QED) is 0.422. The van der Waals surface area contributed by atoms with Gasteiger partial charge in [0.2, 0.25) is 0 Å². The zero-order chi connectivity index (χ0) is 23.8. The van der Waals surface area contributed by atoms with Crippen molar-refractivity contribution in [3.8, 4) is 23.4 Å². The maximum Gasteiger partial charge on any atom is 0.155 e. The summed E-state index contributed by atoms with van der Waals surface area (Å²) >= 11 is 0. The lowest BCUT2D eigenvalue weighted by Crippen LogP contribution is -2.18. The number of anilines is 1. The van der Waals surface area contributed by atoms with Crippen LogP contribution in [0.1, 0.15) is 57.0 Å². The van der Waals surface area contributed by atoms with Gasteiger partial charge in [-0.15, -0.1) is 0 Å². The number of carbonyl (C=O) groups is 1. The van der Waals surface area contributed by atoms with Crippen LogP contribution in [0.2, 0.25) is 0 Å². The molecule has 0 aliphatic rings. The summed E-state index contributed by atoms with van der Waals surface area (Å²) < 4.78 is 5.83.